The Kier molecular flexibility index (Phi) is 4.97. The Morgan fingerprint density at radius 2 is 1.95 bits per heavy atom. The van der Waals surface area contributed by atoms with Crippen molar-refractivity contribution < 1.29 is 0 Å². The van der Waals surface area contributed by atoms with E-state index in [4.69, 9.17) is 0 Å². The van der Waals surface area contributed by atoms with Gasteiger partial charge in [0.05, 0.1) is 0 Å². The fourth-order valence-corrected chi connectivity index (χ4v) is 4.21. The molecule has 1 aromatic rings. The fourth-order valence-electron chi connectivity index (χ4n) is 4.21. The SMILES string of the molecule is CCc1ccc(C(C)NC2CCCC2C2CCCN2)cc1. The van der Waals surface area contributed by atoms with Crippen LogP contribution in [0.25, 0.3) is 0 Å². The Hall–Kier alpha value is -0.860. The average Bonchev–Trinajstić information content (AvgIpc) is 3.18. The first-order valence-corrected chi connectivity index (χ1v) is 8.86. The summed E-state index contributed by atoms with van der Waals surface area (Å²) in [5.74, 6) is 0.838. The lowest BCUT2D eigenvalue weighted by Crippen LogP contribution is -2.42. The Morgan fingerprint density at radius 1 is 1.14 bits per heavy atom. The molecule has 1 aliphatic carbocycles. The van der Waals surface area contributed by atoms with E-state index in [1.54, 1.807) is 0 Å². The molecule has 2 aliphatic rings. The van der Waals surface area contributed by atoms with Crippen LogP contribution in [-0.4, -0.2) is 18.6 Å². The van der Waals surface area contributed by atoms with Crippen molar-refractivity contribution in [1.82, 2.24) is 10.6 Å². The van der Waals surface area contributed by atoms with Gasteiger partial charge < -0.3 is 10.6 Å². The Balaban J connectivity index is 1.61. The molecule has 0 bridgehead atoms. The van der Waals surface area contributed by atoms with Crippen LogP contribution in [0.2, 0.25) is 0 Å². The van der Waals surface area contributed by atoms with Gasteiger partial charge in [0.1, 0.15) is 0 Å². The number of nitrogens with one attached hydrogen (secondary N) is 2. The Morgan fingerprint density at radius 3 is 2.62 bits per heavy atom. The highest BCUT2D eigenvalue weighted by atomic mass is 15.0. The number of benzene rings is 1. The van der Waals surface area contributed by atoms with Crippen molar-refractivity contribution in [2.45, 2.75) is 70.5 Å². The number of hydrogen-bond acceptors (Lipinski definition) is 2. The summed E-state index contributed by atoms with van der Waals surface area (Å²) in [7, 11) is 0. The summed E-state index contributed by atoms with van der Waals surface area (Å²) in [6, 6.07) is 11.1. The largest absolute Gasteiger partial charge is 0.314 e. The molecule has 0 amide bonds. The molecule has 3 rings (SSSR count). The summed E-state index contributed by atoms with van der Waals surface area (Å²) in [5, 5.41) is 7.64. The van der Waals surface area contributed by atoms with Gasteiger partial charge in [-0.25, -0.2) is 0 Å². The normalized spacial score (nSPS) is 30.7. The monoisotopic (exact) mass is 286 g/mol. The van der Waals surface area contributed by atoms with Gasteiger partial charge in [0.2, 0.25) is 0 Å². The molecule has 2 heteroatoms. The summed E-state index contributed by atoms with van der Waals surface area (Å²) >= 11 is 0. The average molecular weight is 286 g/mol. The van der Waals surface area contributed by atoms with E-state index in [1.807, 2.05) is 0 Å². The first kappa shape index (κ1) is 15.1. The van der Waals surface area contributed by atoms with Crippen molar-refractivity contribution in [2.24, 2.45) is 5.92 Å². The van der Waals surface area contributed by atoms with Crippen LogP contribution in [0.5, 0.6) is 0 Å². The van der Waals surface area contributed by atoms with E-state index in [-0.39, 0.29) is 0 Å². The standard InChI is InChI=1S/C19H30N2/c1-3-15-9-11-16(12-10-15)14(2)21-19-7-4-6-17(19)18-8-5-13-20-18/h9-12,14,17-21H,3-8,13H2,1-2H3. The zero-order chi connectivity index (χ0) is 14.7. The molecular formula is C19H30N2. The van der Waals surface area contributed by atoms with Gasteiger partial charge in [0.15, 0.2) is 0 Å². The van der Waals surface area contributed by atoms with Crippen molar-refractivity contribution >= 4 is 0 Å². The minimum Gasteiger partial charge on any atom is -0.314 e. The molecule has 2 nitrogen and oxygen atoms in total. The van der Waals surface area contributed by atoms with Crippen LogP contribution in [0.15, 0.2) is 24.3 Å². The fraction of sp³-hybridized carbons (Fsp3) is 0.684. The van der Waals surface area contributed by atoms with Crippen molar-refractivity contribution in [3.63, 3.8) is 0 Å². The van der Waals surface area contributed by atoms with Crippen LogP contribution in [0.3, 0.4) is 0 Å². The zero-order valence-corrected chi connectivity index (χ0v) is 13.6. The third kappa shape index (κ3) is 3.49. The van der Waals surface area contributed by atoms with Gasteiger partial charge in [-0.15, -0.1) is 0 Å². The number of hydrogen-bond donors (Lipinski definition) is 2. The lowest BCUT2D eigenvalue weighted by atomic mass is 9.92. The summed E-state index contributed by atoms with van der Waals surface area (Å²) in [5.41, 5.74) is 2.86. The van der Waals surface area contributed by atoms with E-state index in [9.17, 15) is 0 Å². The first-order valence-electron chi connectivity index (χ1n) is 8.86. The van der Waals surface area contributed by atoms with E-state index in [0.29, 0.717) is 12.1 Å². The van der Waals surface area contributed by atoms with Gasteiger partial charge in [0, 0.05) is 18.1 Å². The predicted octanol–water partition coefficient (Wildman–Crippen LogP) is 3.82. The molecule has 1 aliphatic heterocycles. The third-order valence-electron chi connectivity index (χ3n) is 5.54. The maximum absolute atomic E-state index is 3.92. The van der Waals surface area contributed by atoms with Gasteiger partial charge in [0.25, 0.3) is 0 Å². The summed E-state index contributed by atoms with van der Waals surface area (Å²) in [6.07, 6.45) is 8.00. The van der Waals surface area contributed by atoms with Crippen molar-refractivity contribution in [1.29, 1.82) is 0 Å². The molecule has 4 atom stereocenters. The van der Waals surface area contributed by atoms with E-state index < -0.39 is 0 Å². The van der Waals surface area contributed by atoms with Crippen molar-refractivity contribution in [2.75, 3.05) is 6.54 Å². The van der Waals surface area contributed by atoms with Gasteiger partial charge in [-0.1, -0.05) is 37.6 Å². The second-order valence-electron chi connectivity index (χ2n) is 6.89. The maximum atomic E-state index is 3.92. The second kappa shape index (κ2) is 6.93. The maximum Gasteiger partial charge on any atom is 0.0294 e. The van der Waals surface area contributed by atoms with E-state index >= 15 is 0 Å². The molecule has 0 aromatic heterocycles. The third-order valence-corrected chi connectivity index (χ3v) is 5.54. The molecule has 116 valence electrons. The summed E-state index contributed by atoms with van der Waals surface area (Å²) in [6.45, 7) is 5.76. The molecule has 1 heterocycles. The van der Waals surface area contributed by atoms with Crippen LogP contribution in [-0.2, 0) is 6.42 Å². The second-order valence-corrected chi connectivity index (χ2v) is 6.89. The van der Waals surface area contributed by atoms with Crippen LogP contribution in [0.1, 0.15) is 63.1 Å². The zero-order valence-electron chi connectivity index (χ0n) is 13.6. The topological polar surface area (TPSA) is 24.1 Å². The molecule has 1 saturated heterocycles. The number of aryl methyl sites for hydroxylation is 1. The van der Waals surface area contributed by atoms with Crippen LogP contribution in [0.4, 0.5) is 0 Å². The molecule has 21 heavy (non-hydrogen) atoms. The first-order chi connectivity index (χ1) is 10.3. The van der Waals surface area contributed by atoms with Gasteiger partial charge in [-0.3, -0.25) is 0 Å². The Bertz CT molecular complexity index is 433. The van der Waals surface area contributed by atoms with Crippen LogP contribution in [0, 0.1) is 5.92 Å². The van der Waals surface area contributed by atoms with E-state index in [2.05, 4.69) is 48.7 Å². The van der Waals surface area contributed by atoms with Gasteiger partial charge >= 0.3 is 0 Å². The van der Waals surface area contributed by atoms with Crippen molar-refractivity contribution in [3.8, 4) is 0 Å². The molecule has 1 saturated carbocycles. The van der Waals surface area contributed by atoms with E-state index in [0.717, 1.165) is 18.4 Å². The molecule has 0 spiro atoms. The highest BCUT2D eigenvalue weighted by Gasteiger charge is 2.35. The lowest BCUT2D eigenvalue weighted by Gasteiger charge is -2.29. The van der Waals surface area contributed by atoms with Gasteiger partial charge in [-0.05, 0) is 62.6 Å². The molecule has 2 fully saturated rings. The smallest absolute Gasteiger partial charge is 0.0294 e. The van der Waals surface area contributed by atoms with Crippen molar-refractivity contribution in [3.05, 3.63) is 35.4 Å². The lowest BCUT2D eigenvalue weighted by molar-refractivity contribution is 0.303. The predicted molar refractivity (Wildman–Crippen MR) is 89.5 cm³/mol. The minimum atomic E-state index is 0.461. The molecule has 1 aromatic carbocycles. The molecule has 0 radical (unpaired) electrons. The molecular weight excluding hydrogens is 256 g/mol. The minimum absolute atomic E-state index is 0.461. The molecule has 2 N–H and O–H groups in total. The Labute approximate surface area is 129 Å². The quantitative estimate of drug-likeness (QED) is 0.860. The summed E-state index contributed by atoms with van der Waals surface area (Å²) in [4.78, 5) is 0. The van der Waals surface area contributed by atoms with Gasteiger partial charge in [-0.2, -0.15) is 0 Å². The highest BCUT2D eigenvalue weighted by Crippen LogP contribution is 2.33. The van der Waals surface area contributed by atoms with Crippen LogP contribution < -0.4 is 10.6 Å². The number of rotatable bonds is 5. The highest BCUT2D eigenvalue weighted by molar-refractivity contribution is 5.24. The van der Waals surface area contributed by atoms with E-state index in [1.165, 1.54) is 49.8 Å². The summed E-state index contributed by atoms with van der Waals surface area (Å²) < 4.78 is 0. The molecule has 4 unspecified atom stereocenters. The van der Waals surface area contributed by atoms with Crippen LogP contribution >= 0.6 is 0 Å².